The van der Waals surface area contributed by atoms with E-state index < -0.39 is 0 Å². The molecule has 4 nitrogen and oxygen atoms in total. The molecule has 1 atom stereocenters. The largest absolute Gasteiger partial charge is 0.300 e. The lowest BCUT2D eigenvalue weighted by atomic mass is 9.95. The van der Waals surface area contributed by atoms with Gasteiger partial charge in [-0.05, 0) is 45.6 Å². The maximum Gasteiger partial charge on any atom is 0.195 e. The van der Waals surface area contributed by atoms with Crippen LogP contribution in [0.4, 0.5) is 0 Å². The van der Waals surface area contributed by atoms with Crippen molar-refractivity contribution in [2.75, 3.05) is 14.1 Å². The van der Waals surface area contributed by atoms with E-state index in [0.717, 1.165) is 17.0 Å². The van der Waals surface area contributed by atoms with Crippen LogP contribution in [0.25, 0.3) is 0 Å². The Morgan fingerprint density at radius 3 is 2.61 bits per heavy atom. The molecular formula is C13H24N4S. The summed E-state index contributed by atoms with van der Waals surface area (Å²) in [4.78, 5) is 2.23. The predicted octanol–water partition coefficient (Wildman–Crippen LogP) is 3.46. The first-order valence-electron chi connectivity index (χ1n) is 6.98. The highest BCUT2D eigenvalue weighted by Gasteiger charge is 2.24. The summed E-state index contributed by atoms with van der Waals surface area (Å²) < 4.78 is 3.07. The van der Waals surface area contributed by atoms with Crippen molar-refractivity contribution in [2.45, 2.75) is 57.5 Å². The van der Waals surface area contributed by atoms with E-state index in [1.54, 1.807) is 0 Å². The van der Waals surface area contributed by atoms with Crippen molar-refractivity contribution in [3.05, 3.63) is 10.6 Å². The Balaban J connectivity index is 2.33. The van der Waals surface area contributed by atoms with Crippen LogP contribution >= 0.6 is 12.2 Å². The van der Waals surface area contributed by atoms with Crippen LogP contribution in [0, 0.1) is 4.77 Å². The van der Waals surface area contributed by atoms with Crippen molar-refractivity contribution < 1.29 is 0 Å². The molecule has 0 spiro atoms. The summed E-state index contributed by atoms with van der Waals surface area (Å²) in [5, 5.41) is 7.48. The summed E-state index contributed by atoms with van der Waals surface area (Å²) in [5.74, 6) is 1.11. The van der Waals surface area contributed by atoms with Gasteiger partial charge in [-0.1, -0.05) is 26.2 Å². The molecule has 1 fully saturated rings. The molecule has 1 saturated carbocycles. The Bertz CT molecular complexity index is 428. The first-order valence-corrected chi connectivity index (χ1v) is 7.39. The van der Waals surface area contributed by atoms with Crippen LogP contribution in [-0.2, 0) is 0 Å². The third-order valence-corrected chi connectivity index (χ3v) is 4.27. The molecular weight excluding hydrogens is 244 g/mol. The van der Waals surface area contributed by atoms with Crippen molar-refractivity contribution in [1.29, 1.82) is 0 Å². The molecule has 0 aliphatic heterocycles. The molecule has 1 aliphatic carbocycles. The average Bonchev–Trinajstić information content (AvgIpc) is 2.73. The van der Waals surface area contributed by atoms with Gasteiger partial charge in [-0.3, -0.25) is 14.6 Å². The zero-order valence-electron chi connectivity index (χ0n) is 11.6. The van der Waals surface area contributed by atoms with Crippen LogP contribution in [0.3, 0.4) is 0 Å². The molecule has 0 amide bonds. The smallest absolute Gasteiger partial charge is 0.195 e. The quantitative estimate of drug-likeness (QED) is 0.850. The lowest BCUT2D eigenvalue weighted by Crippen LogP contribution is -2.25. The normalized spacial score (nSPS) is 19.3. The van der Waals surface area contributed by atoms with E-state index in [2.05, 4.69) is 40.7 Å². The van der Waals surface area contributed by atoms with Crippen LogP contribution in [-0.4, -0.2) is 33.8 Å². The molecule has 0 bridgehead atoms. The summed E-state index contributed by atoms with van der Waals surface area (Å²) in [6.07, 6.45) is 7.53. The maximum atomic E-state index is 5.43. The van der Waals surface area contributed by atoms with E-state index in [9.17, 15) is 0 Å². The van der Waals surface area contributed by atoms with Crippen molar-refractivity contribution >= 4 is 12.2 Å². The third kappa shape index (κ3) is 2.67. The van der Waals surface area contributed by atoms with Gasteiger partial charge >= 0.3 is 0 Å². The standard InChI is InChI=1S/C13H24N4S/c1-4-11(16(2)3)12-14-15-13(18)17(12)10-8-6-5-7-9-10/h10-11H,4-9H2,1-3H3,(H,15,18)/t11-/m1/s1. The van der Waals surface area contributed by atoms with Crippen molar-refractivity contribution in [3.8, 4) is 0 Å². The third-order valence-electron chi connectivity index (χ3n) is 3.98. The van der Waals surface area contributed by atoms with Crippen molar-refractivity contribution in [2.24, 2.45) is 0 Å². The number of aromatic nitrogens is 3. The molecule has 0 unspecified atom stereocenters. The van der Waals surface area contributed by atoms with E-state index in [0.29, 0.717) is 12.1 Å². The topological polar surface area (TPSA) is 36.9 Å². The molecule has 1 aliphatic rings. The second kappa shape index (κ2) is 5.97. The Hall–Kier alpha value is -0.680. The van der Waals surface area contributed by atoms with Gasteiger partial charge in [0.05, 0.1) is 6.04 Å². The fourth-order valence-electron chi connectivity index (χ4n) is 3.02. The number of nitrogens with zero attached hydrogens (tertiary/aromatic N) is 3. The van der Waals surface area contributed by atoms with Gasteiger partial charge in [0.1, 0.15) is 5.82 Å². The first kappa shape index (κ1) is 13.7. The molecule has 5 heteroatoms. The van der Waals surface area contributed by atoms with E-state index >= 15 is 0 Å². The fourth-order valence-corrected chi connectivity index (χ4v) is 3.31. The SMILES string of the molecule is CC[C@H](c1n[nH]c(=S)n1C1CCCCC1)N(C)C. The molecule has 1 aromatic heterocycles. The van der Waals surface area contributed by atoms with Crippen molar-refractivity contribution in [1.82, 2.24) is 19.7 Å². The zero-order valence-corrected chi connectivity index (χ0v) is 12.5. The molecule has 2 rings (SSSR count). The molecule has 0 saturated heterocycles. The summed E-state index contributed by atoms with van der Waals surface area (Å²) in [5.41, 5.74) is 0. The summed E-state index contributed by atoms with van der Waals surface area (Å²) in [6.45, 7) is 2.20. The number of rotatable bonds is 4. The van der Waals surface area contributed by atoms with Crippen LogP contribution in [0.5, 0.6) is 0 Å². The Kier molecular flexibility index (Phi) is 4.56. The summed E-state index contributed by atoms with van der Waals surface area (Å²) >= 11 is 5.43. The lowest BCUT2D eigenvalue weighted by Gasteiger charge is -2.28. The Labute approximate surface area is 114 Å². The number of hydrogen-bond acceptors (Lipinski definition) is 3. The highest BCUT2D eigenvalue weighted by molar-refractivity contribution is 7.71. The van der Waals surface area contributed by atoms with E-state index in [-0.39, 0.29) is 0 Å². The van der Waals surface area contributed by atoms with E-state index in [1.807, 2.05) is 0 Å². The minimum Gasteiger partial charge on any atom is -0.300 e. The number of aromatic amines is 1. The fraction of sp³-hybridized carbons (Fsp3) is 0.846. The Morgan fingerprint density at radius 2 is 2.06 bits per heavy atom. The predicted molar refractivity (Wildman–Crippen MR) is 76.3 cm³/mol. The Morgan fingerprint density at radius 1 is 1.39 bits per heavy atom. The zero-order chi connectivity index (χ0) is 13.1. The van der Waals surface area contributed by atoms with Gasteiger partial charge in [0.15, 0.2) is 4.77 Å². The summed E-state index contributed by atoms with van der Waals surface area (Å²) in [6, 6.07) is 0.897. The van der Waals surface area contributed by atoms with Crippen LogP contribution in [0.2, 0.25) is 0 Å². The molecule has 18 heavy (non-hydrogen) atoms. The highest BCUT2D eigenvalue weighted by atomic mass is 32.1. The maximum absolute atomic E-state index is 5.43. The van der Waals surface area contributed by atoms with E-state index in [4.69, 9.17) is 12.2 Å². The summed E-state index contributed by atoms with van der Waals surface area (Å²) in [7, 11) is 4.22. The van der Waals surface area contributed by atoms with E-state index in [1.165, 1.54) is 32.1 Å². The highest BCUT2D eigenvalue weighted by Crippen LogP contribution is 2.31. The monoisotopic (exact) mass is 268 g/mol. The molecule has 1 aromatic rings. The molecule has 102 valence electrons. The van der Waals surface area contributed by atoms with Gasteiger partial charge in [-0.25, -0.2) is 0 Å². The van der Waals surface area contributed by atoms with Crippen LogP contribution in [0.1, 0.15) is 63.4 Å². The van der Waals surface area contributed by atoms with Gasteiger partial charge in [0.2, 0.25) is 0 Å². The van der Waals surface area contributed by atoms with Gasteiger partial charge < -0.3 is 0 Å². The van der Waals surface area contributed by atoms with Gasteiger partial charge in [-0.2, -0.15) is 5.10 Å². The first-order chi connectivity index (χ1) is 8.65. The molecule has 1 heterocycles. The van der Waals surface area contributed by atoms with Gasteiger partial charge in [0, 0.05) is 6.04 Å². The van der Waals surface area contributed by atoms with Crippen LogP contribution < -0.4 is 0 Å². The second-order valence-corrected chi connectivity index (χ2v) is 5.82. The number of nitrogens with one attached hydrogen (secondary N) is 1. The van der Waals surface area contributed by atoms with Gasteiger partial charge in [-0.15, -0.1) is 0 Å². The lowest BCUT2D eigenvalue weighted by molar-refractivity contribution is 0.255. The average molecular weight is 268 g/mol. The van der Waals surface area contributed by atoms with Crippen LogP contribution in [0.15, 0.2) is 0 Å². The minimum absolute atomic E-state index is 0.347. The molecule has 0 radical (unpaired) electrons. The molecule has 1 N–H and O–H groups in total. The number of H-pyrrole nitrogens is 1. The second-order valence-electron chi connectivity index (χ2n) is 5.44. The minimum atomic E-state index is 0.347. The van der Waals surface area contributed by atoms with Crippen molar-refractivity contribution in [3.63, 3.8) is 0 Å². The number of hydrogen-bond donors (Lipinski definition) is 1. The molecule has 0 aromatic carbocycles. The van der Waals surface area contributed by atoms with Gasteiger partial charge in [0.25, 0.3) is 0 Å².